The van der Waals surface area contributed by atoms with Crippen LogP contribution >= 0.6 is 31.9 Å². The van der Waals surface area contributed by atoms with Gasteiger partial charge in [0, 0.05) is 34.9 Å². The molecule has 1 aromatic carbocycles. The van der Waals surface area contributed by atoms with E-state index in [1.165, 1.54) is 0 Å². The van der Waals surface area contributed by atoms with E-state index in [1.807, 2.05) is 0 Å². The summed E-state index contributed by atoms with van der Waals surface area (Å²) in [5.74, 6) is -0.197. The summed E-state index contributed by atoms with van der Waals surface area (Å²) in [6, 6.07) is 6.75. The highest BCUT2D eigenvalue weighted by atomic mass is 79.9. The summed E-state index contributed by atoms with van der Waals surface area (Å²) in [6.07, 6.45) is 3.97. The first kappa shape index (κ1) is 19.2. The Hall–Kier alpha value is -0.880. The number of amides is 2. The van der Waals surface area contributed by atoms with Crippen molar-refractivity contribution in [1.29, 1.82) is 0 Å². The van der Waals surface area contributed by atoms with Gasteiger partial charge in [0.05, 0.1) is 0 Å². The third-order valence-electron chi connectivity index (χ3n) is 3.10. The Kier molecular flexibility index (Phi) is 10.2. The van der Waals surface area contributed by atoms with Gasteiger partial charge in [-0.15, -0.1) is 0 Å². The normalized spacial score (nSPS) is 10.3. The van der Waals surface area contributed by atoms with E-state index >= 15 is 0 Å². The van der Waals surface area contributed by atoms with Crippen molar-refractivity contribution in [2.75, 3.05) is 23.7 Å². The smallest absolute Gasteiger partial charge is 0.251 e. The van der Waals surface area contributed by atoms with E-state index < -0.39 is 0 Å². The van der Waals surface area contributed by atoms with Crippen LogP contribution in [-0.4, -0.2) is 35.6 Å². The number of alkyl halides is 2. The SMILES string of the molecule is O=C(NCCCCBr)c1ccc(C(=O)NCCCCBr)cc1. The first-order valence-electron chi connectivity index (χ1n) is 7.47. The zero-order valence-electron chi connectivity index (χ0n) is 12.5. The standard InChI is InChI=1S/C16H22Br2N2O2/c17-9-1-3-11-19-15(21)13-5-7-14(8-6-13)16(22)20-12-4-2-10-18/h5-8H,1-4,9-12H2,(H,19,21)(H,20,22). The largest absolute Gasteiger partial charge is 0.352 e. The predicted octanol–water partition coefficient (Wildman–Crippen LogP) is 3.50. The molecule has 0 spiro atoms. The Morgan fingerprint density at radius 2 is 1.09 bits per heavy atom. The molecule has 0 bridgehead atoms. The summed E-state index contributed by atoms with van der Waals surface area (Å²) < 4.78 is 0. The Morgan fingerprint density at radius 1 is 0.727 bits per heavy atom. The lowest BCUT2D eigenvalue weighted by molar-refractivity contribution is 0.0941. The maximum Gasteiger partial charge on any atom is 0.251 e. The lowest BCUT2D eigenvalue weighted by atomic mass is 10.1. The minimum Gasteiger partial charge on any atom is -0.352 e. The minimum absolute atomic E-state index is 0.0983. The second kappa shape index (κ2) is 11.7. The van der Waals surface area contributed by atoms with Crippen molar-refractivity contribution in [2.45, 2.75) is 25.7 Å². The molecule has 0 saturated heterocycles. The molecule has 0 aliphatic carbocycles. The van der Waals surface area contributed by atoms with Crippen molar-refractivity contribution < 1.29 is 9.59 Å². The minimum atomic E-state index is -0.0983. The zero-order chi connectivity index (χ0) is 16.2. The van der Waals surface area contributed by atoms with Crippen molar-refractivity contribution in [3.8, 4) is 0 Å². The molecule has 0 unspecified atom stereocenters. The van der Waals surface area contributed by atoms with Crippen LogP contribution in [0.4, 0.5) is 0 Å². The molecule has 22 heavy (non-hydrogen) atoms. The molecular weight excluding hydrogens is 412 g/mol. The maximum absolute atomic E-state index is 11.9. The lowest BCUT2D eigenvalue weighted by Crippen LogP contribution is -2.26. The monoisotopic (exact) mass is 432 g/mol. The lowest BCUT2D eigenvalue weighted by Gasteiger charge is -2.07. The molecule has 1 rings (SSSR count). The van der Waals surface area contributed by atoms with Gasteiger partial charge in [0.25, 0.3) is 11.8 Å². The van der Waals surface area contributed by atoms with E-state index in [4.69, 9.17) is 0 Å². The van der Waals surface area contributed by atoms with E-state index in [1.54, 1.807) is 24.3 Å². The fourth-order valence-electron chi connectivity index (χ4n) is 1.82. The van der Waals surface area contributed by atoms with E-state index in [9.17, 15) is 9.59 Å². The maximum atomic E-state index is 11.9. The first-order chi connectivity index (χ1) is 10.7. The second-order valence-electron chi connectivity index (χ2n) is 4.88. The summed E-state index contributed by atoms with van der Waals surface area (Å²) in [7, 11) is 0. The Balaban J connectivity index is 2.41. The molecular formula is C16H22Br2N2O2. The number of rotatable bonds is 10. The average molecular weight is 434 g/mol. The number of halogens is 2. The van der Waals surface area contributed by atoms with Crippen LogP contribution in [0, 0.1) is 0 Å². The Bertz CT molecular complexity index is 421. The van der Waals surface area contributed by atoms with Crippen LogP contribution in [0.25, 0.3) is 0 Å². The van der Waals surface area contributed by atoms with Gasteiger partial charge in [0.1, 0.15) is 0 Å². The summed E-state index contributed by atoms with van der Waals surface area (Å²) in [4.78, 5) is 23.8. The topological polar surface area (TPSA) is 58.2 Å². The first-order valence-corrected chi connectivity index (χ1v) is 9.71. The van der Waals surface area contributed by atoms with Crippen molar-refractivity contribution >= 4 is 43.7 Å². The number of carbonyl (C=O) groups excluding carboxylic acids is 2. The van der Waals surface area contributed by atoms with Gasteiger partial charge in [-0.25, -0.2) is 0 Å². The number of nitrogens with one attached hydrogen (secondary N) is 2. The molecule has 0 aliphatic rings. The summed E-state index contributed by atoms with van der Waals surface area (Å²) in [6.45, 7) is 1.33. The molecule has 0 atom stereocenters. The van der Waals surface area contributed by atoms with Gasteiger partial charge in [-0.05, 0) is 49.9 Å². The molecule has 0 fully saturated rings. The predicted molar refractivity (Wildman–Crippen MR) is 97.2 cm³/mol. The average Bonchev–Trinajstić information content (AvgIpc) is 2.55. The highest BCUT2D eigenvalue weighted by molar-refractivity contribution is 9.09. The highest BCUT2D eigenvalue weighted by Gasteiger charge is 2.08. The molecule has 0 radical (unpaired) electrons. The third-order valence-corrected chi connectivity index (χ3v) is 4.22. The van der Waals surface area contributed by atoms with Crippen molar-refractivity contribution in [3.63, 3.8) is 0 Å². The fourth-order valence-corrected chi connectivity index (χ4v) is 2.61. The quantitative estimate of drug-likeness (QED) is 0.438. The van der Waals surface area contributed by atoms with Crippen LogP contribution in [0.1, 0.15) is 46.4 Å². The van der Waals surface area contributed by atoms with E-state index in [2.05, 4.69) is 42.5 Å². The molecule has 0 aliphatic heterocycles. The molecule has 122 valence electrons. The fraction of sp³-hybridized carbons (Fsp3) is 0.500. The van der Waals surface area contributed by atoms with Gasteiger partial charge < -0.3 is 10.6 Å². The number of hydrogen-bond acceptors (Lipinski definition) is 2. The number of carbonyl (C=O) groups is 2. The molecule has 1 aromatic rings. The second-order valence-corrected chi connectivity index (χ2v) is 6.47. The van der Waals surface area contributed by atoms with Crippen LogP contribution in [0.5, 0.6) is 0 Å². The molecule has 0 saturated carbocycles. The van der Waals surface area contributed by atoms with Gasteiger partial charge in [-0.1, -0.05) is 31.9 Å². The van der Waals surface area contributed by atoms with E-state index in [0.717, 1.165) is 36.3 Å². The molecule has 6 heteroatoms. The van der Waals surface area contributed by atoms with Crippen LogP contribution < -0.4 is 10.6 Å². The summed E-state index contributed by atoms with van der Waals surface area (Å²) in [5.41, 5.74) is 1.16. The van der Waals surface area contributed by atoms with Crippen molar-refractivity contribution in [1.82, 2.24) is 10.6 Å². The number of unbranched alkanes of at least 4 members (excludes halogenated alkanes) is 2. The molecule has 4 nitrogen and oxygen atoms in total. The van der Waals surface area contributed by atoms with Gasteiger partial charge >= 0.3 is 0 Å². The van der Waals surface area contributed by atoms with Gasteiger partial charge in [-0.2, -0.15) is 0 Å². The van der Waals surface area contributed by atoms with Crippen LogP contribution in [0.15, 0.2) is 24.3 Å². The van der Waals surface area contributed by atoms with Gasteiger partial charge in [0.15, 0.2) is 0 Å². The molecule has 2 N–H and O–H groups in total. The zero-order valence-corrected chi connectivity index (χ0v) is 15.7. The van der Waals surface area contributed by atoms with Gasteiger partial charge in [-0.3, -0.25) is 9.59 Å². The summed E-state index contributed by atoms with van der Waals surface area (Å²) >= 11 is 6.71. The van der Waals surface area contributed by atoms with E-state index in [0.29, 0.717) is 24.2 Å². The Labute approximate surface area is 148 Å². The third kappa shape index (κ3) is 7.40. The molecule has 0 heterocycles. The van der Waals surface area contributed by atoms with Crippen molar-refractivity contribution in [2.24, 2.45) is 0 Å². The molecule has 2 amide bonds. The number of hydrogen-bond donors (Lipinski definition) is 2. The van der Waals surface area contributed by atoms with Crippen LogP contribution in [0.2, 0.25) is 0 Å². The van der Waals surface area contributed by atoms with Crippen LogP contribution in [0.3, 0.4) is 0 Å². The summed E-state index contributed by atoms with van der Waals surface area (Å²) in [5, 5.41) is 7.63. The highest BCUT2D eigenvalue weighted by Crippen LogP contribution is 2.05. The Morgan fingerprint density at radius 3 is 1.41 bits per heavy atom. The van der Waals surface area contributed by atoms with Crippen molar-refractivity contribution in [3.05, 3.63) is 35.4 Å². The number of benzene rings is 1. The molecule has 0 aromatic heterocycles. The van der Waals surface area contributed by atoms with Gasteiger partial charge in [0.2, 0.25) is 0 Å². The van der Waals surface area contributed by atoms with Crippen LogP contribution in [-0.2, 0) is 0 Å². The van der Waals surface area contributed by atoms with E-state index in [-0.39, 0.29) is 11.8 Å².